The number of hydrogen-bond donors (Lipinski definition) is 2. The molecule has 0 spiro atoms. The van der Waals surface area contributed by atoms with Gasteiger partial charge in [0.05, 0.1) is 16.1 Å². The molecule has 0 bridgehead atoms. The number of urea groups is 1. The van der Waals surface area contributed by atoms with Crippen LogP contribution in [0.25, 0.3) is 0 Å². The Kier molecular flexibility index (Phi) is 5.11. The molecule has 5 nitrogen and oxygen atoms in total. The molecule has 2 amide bonds. The molecule has 116 valence electrons. The van der Waals surface area contributed by atoms with Crippen LogP contribution in [-0.2, 0) is 9.53 Å². The van der Waals surface area contributed by atoms with Crippen molar-refractivity contribution in [2.24, 2.45) is 5.92 Å². The van der Waals surface area contributed by atoms with E-state index < -0.39 is 24.0 Å². The summed E-state index contributed by atoms with van der Waals surface area (Å²) in [7, 11) is 0. The van der Waals surface area contributed by atoms with Gasteiger partial charge in [-0.3, -0.25) is 4.79 Å². The molecule has 1 fully saturated rings. The van der Waals surface area contributed by atoms with Crippen molar-refractivity contribution in [2.45, 2.75) is 6.04 Å². The van der Waals surface area contributed by atoms with Gasteiger partial charge in [-0.1, -0.05) is 48.5 Å². The highest BCUT2D eigenvalue weighted by atomic mass is 35.5. The first-order chi connectivity index (χ1) is 10.4. The van der Waals surface area contributed by atoms with E-state index in [1.54, 1.807) is 18.2 Å². The van der Waals surface area contributed by atoms with E-state index in [0.29, 0.717) is 15.6 Å². The molecule has 1 saturated heterocycles. The third-order valence-corrected chi connectivity index (χ3v) is 3.91. The number of esters is 1. The molecule has 2 atom stereocenters. The summed E-state index contributed by atoms with van der Waals surface area (Å²) < 4.78 is 5.07. The van der Waals surface area contributed by atoms with Crippen LogP contribution in [0, 0.1) is 5.92 Å². The molecule has 22 heavy (non-hydrogen) atoms. The van der Waals surface area contributed by atoms with Gasteiger partial charge in [0.1, 0.15) is 12.5 Å². The van der Waals surface area contributed by atoms with Crippen LogP contribution in [0.1, 0.15) is 11.6 Å². The average molecular weight is 341 g/mol. The number of carbonyl (C=O) groups is 2. The predicted octanol–water partition coefficient (Wildman–Crippen LogP) is 3.21. The van der Waals surface area contributed by atoms with Crippen molar-refractivity contribution in [1.29, 1.82) is 0 Å². The standard InChI is InChI=1S/C15H14Cl2N2O3/c1-3-6-22-14(20)12-8(2)18-15(21)19-13(12)9-4-5-10(16)11(17)7-9/h3-5,7,12-13H,1-2,6H2,(H2,18,19,21)/t12-,13+/m1/s1. The molecule has 0 unspecified atom stereocenters. The third-order valence-electron chi connectivity index (χ3n) is 3.17. The van der Waals surface area contributed by atoms with E-state index in [-0.39, 0.29) is 12.3 Å². The first kappa shape index (κ1) is 16.4. The number of rotatable bonds is 4. The maximum atomic E-state index is 12.2. The highest BCUT2D eigenvalue weighted by molar-refractivity contribution is 6.42. The van der Waals surface area contributed by atoms with E-state index in [9.17, 15) is 9.59 Å². The largest absolute Gasteiger partial charge is 0.461 e. The molecule has 1 aliphatic heterocycles. The molecular formula is C15H14Cl2N2O3. The molecule has 1 aliphatic rings. The summed E-state index contributed by atoms with van der Waals surface area (Å²) >= 11 is 11.9. The number of benzene rings is 1. The second-order valence-corrected chi connectivity index (χ2v) is 5.49. The van der Waals surface area contributed by atoms with Gasteiger partial charge >= 0.3 is 12.0 Å². The quantitative estimate of drug-likeness (QED) is 0.653. The van der Waals surface area contributed by atoms with Gasteiger partial charge < -0.3 is 15.4 Å². The minimum atomic E-state index is -0.783. The molecule has 0 saturated carbocycles. The second-order valence-electron chi connectivity index (χ2n) is 4.67. The highest BCUT2D eigenvalue weighted by Gasteiger charge is 2.38. The number of nitrogens with one attached hydrogen (secondary N) is 2. The van der Waals surface area contributed by atoms with E-state index in [1.807, 2.05) is 0 Å². The van der Waals surface area contributed by atoms with E-state index >= 15 is 0 Å². The fraction of sp³-hybridized carbons (Fsp3) is 0.200. The van der Waals surface area contributed by atoms with E-state index in [0.717, 1.165) is 0 Å². The Hall–Kier alpha value is -1.98. The topological polar surface area (TPSA) is 67.4 Å². The number of carbonyl (C=O) groups excluding carboxylic acids is 2. The summed E-state index contributed by atoms with van der Waals surface area (Å²) in [4.78, 5) is 23.9. The van der Waals surface area contributed by atoms with Crippen LogP contribution in [-0.4, -0.2) is 18.6 Å². The van der Waals surface area contributed by atoms with Crippen LogP contribution in [0.15, 0.2) is 43.1 Å². The number of hydrogen-bond acceptors (Lipinski definition) is 3. The molecule has 1 heterocycles. The van der Waals surface area contributed by atoms with Crippen LogP contribution < -0.4 is 10.6 Å². The van der Waals surface area contributed by atoms with E-state index in [2.05, 4.69) is 23.8 Å². The monoisotopic (exact) mass is 340 g/mol. The molecule has 2 N–H and O–H groups in total. The summed E-state index contributed by atoms with van der Waals surface area (Å²) in [6.07, 6.45) is 1.46. The minimum absolute atomic E-state index is 0.0741. The smallest absolute Gasteiger partial charge is 0.319 e. The van der Waals surface area contributed by atoms with Crippen LogP contribution in [0.2, 0.25) is 10.0 Å². The van der Waals surface area contributed by atoms with Crippen molar-refractivity contribution < 1.29 is 14.3 Å². The Bertz CT molecular complexity index is 646. The summed E-state index contributed by atoms with van der Waals surface area (Å²) in [5.41, 5.74) is 0.889. The molecule has 0 aliphatic carbocycles. The molecule has 0 aromatic heterocycles. The van der Waals surface area contributed by atoms with Crippen molar-refractivity contribution in [1.82, 2.24) is 10.6 Å². The summed E-state index contributed by atoms with van der Waals surface area (Å²) in [6, 6.07) is 3.79. The lowest BCUT2D eigenvalue weighted by molar-refractivity contribution is -0.147. The third kappa shape index (κ3) is 3.43. The maximum absolute atomic E-state index is 12.2. The number of halogens is 2. The Morgan fingerprint density at radius 2 is 2.09 bits per heavy atom. The SMILES string of the molecule is C=CCOC(=O)[C@@H]1C(=C)NC(=O)N[C@H]1c1ccc(Cl)c(Cl)c1. The van der Waals surface area contributed by atoms with Crippen molar-refractivity contribution in [3.63, 3.8) is 0 Å². The van der Waals surface area contributed by atoms with Gasteiger partial charge in [0.25, 0.3) is 0 Å². The second kappa shape index (κ2) is 6.85. The molecule has 7 heteroatoms. The van der Waals surface area contributed by atoms with Crippen LogP contribution in [0.4, 0.5) is 4.79 Å². The number of ether oxygens (including phenoxy) is 1. The minimum Gasteiger partial charge on any atom is -0.461 e. The Morgan fingerprint density at radius 1 is 1.36 bits per heavy atom. The van der Waals surface area contributed by atoms with E-state index in [1.165, 1.54) is 6.08 Å². The molecule has 1 aromatic rings. The van der Waals surface area contributed by atoms with Gasteiger partial charge in [-0.25, -0.2) is 4.79 Å². The zero-order valence-corrected chi connectivity index (χ0v) is 13.1. The predicted molar refractivity (Wildman–Crippen MR) is 84.7 cm³/mol. The molecule has 1 aromatic carbocycles. The zero-order chi connectivity index (χ0) is 16.3. The fourth-order valence-corrected chi connectivity index (χ4v) is 2.48. The average Bonchev–Trinajstić information content (AvgIpc) is 2.46. The van der Waals surface area contributed by atoms with Crippen molar-refractivity contribution in [3.8, 4) is 0 Å². The molecule has 0 radical (unpaired) electrons. The van der Waals surface area contributed by atoms with Gasteiger partial charge in [-0.2, -0.15) is 0 Å². The van der Waals surface area contributed by atoms with Gasteiger partial charge in [0.15, 0.2) is 0 Å². The first-order valence-corrected chi connectivity index (χ1v) is 7.18. The summed E-state index contributed by atoms with van der Waals surface area (Å²) in [5, 5.41) is 5.87. The number of amides is 2. The van der Waals surface area contributed by atoms with Crippen LogP contribution in [0.3, 0.4) is 0 Å². The van der Waals surface area contributed by atoms with Crippen molar-refractivity contribution in [3.05, 3.63) is 58.7 Å². The summed E-state index contributed by atoms with van der Waals surface area (Å²) in [5.74, 6) is -1.30. The lowest BCUT2D eigenvalue weighted by Gasteiger charge is -2.33. The fourth-order valence-electron chi connectivity index (χ4n) is 2.18. The van der Waals surface area contributed by atoms with Gasteiger partial charge in [-0.05, 0) is 17.7 Å². The Balaban J connectivity index is 2.35. The maximum Gasteiger partial charge on any atom is 0.319 e. The zero-order valence-electron chi connectivity index (χ0n) is 11.6. The Labute approximate surface area is 137 Å². The van der Waals surface area contributed by atoms with Crippen molar-refractivity contribution in [2.75, 3.05) is 6.61 Å². The highest BCUT2D eigenvalue weighted by Crippen LogP contribution is 2.33. The normalized spacial score (nSPS) is 20.8. The van der Waals surface area contributed by atoms with Crippen molar-refractivity contribution >= 4 is 35.2 Å². The lowest BCUT2D eigenvalue weighted by Crippen LogP contribution is -2.51. The summed E-state index contributed by atoms with van der Waals surface area (Å²) in [6.45, 7) is 7.30. The molecule has 2 rings (SSSR count). The lowest BCUT2D eigenvalue weighted by atomic mass is 9.89. The van der Waals surface area contributed by atoms with Gasteiger partial charge in [-0.15, -0.1) is 0 Å². The molecular weight excluding hydrogens is 327 g/mol. The Morgan fingerprint density at radius 3 is 2.73 bits per heavy atom. The van der Waals surface area contributed by atoms with Crippen LogP contribution in [0.5, 0.6) is 0 Å². The van der Waals surface area contributed by atoms with E-state index in [4.69, 9.17) is 27.9 Å². The van der Waals surface area contributed by atoms with Gasteiger partial charge in [0.2, 0.25) is 0 Å². The first-order valence-electron chi connectivity index (χ1n) is 6.43. The van der Waals surface area contributed by atoms with Crippen LogP contribution >= 0.6 is 23.2 Å². The van der Waals surface area contributed by atoms with Gasteiger partial charge in [0, 0.05) is 5.70 Å².